The van der Waals surface area contributed by atoms with Crippen molar-refractivity contribution in [2.75, 3.05) is 13.1 Å². The highest BCUT2D eigenvalue weighted by Gasteiger charge is 2.55. The van der Waals surface area contributed by atoms with E-state index in [4.69, 9.17) is 9.47 Å². The lowest BCUT2D eigenvalue weighted by Gasteiger charge is -2.38. The molecule has 5 heteroatoms. The van der Waals surface area contributed by atoms with Gasteiger partial charge in [-0.25, -0.2) is 4.79 Å². The number of carbonyl (C=O) groups excluding carboxylic acids is 2. The van der Waals surface area contributed by atoms with Crippen LogP contribution in [0.15, 0.2) is 0 Å². The Kier molecular flexibility index (Phi) is 3.51. The van der Waals surface area contributed by atoms with E-state index < -0.39 is 16.6 Å². The number of cyclic esters (lactones) is 1. The molecular formula is C15H25NO4. The fraction of sp³-hybridized carbons (Fsp3) is 0.867. The van der Waals surface area contributed by atoms with Gasteiger partial charge in [-0.15, -0.1) is 0 Å². The Balaban J connectivity index is 2.09. The lowest BCUT2D eigenvalue weighted by molar-refractivity contribution is -0.154. The number of carbonyl (C=O) groups is 2. The van der Waals surface area contributed by atoms with Crippen LogP contribution in [0.3, 0.4) is 0 Å². The van der Waals surface area contributed by atoms with Gasteiger partial charge in [0.25, 0.3) is 0 Å². The van der Waals surface area contributed by atoms with Crippen molar-refractivity contribution in [1.29, 1.82) is 0 Å². The van der Waals surface area contributed by atoms with Gasteiger partial charge in [0.2, 0.25) is 0 Å². The van der Waals surface area contributed by atoms with Crippen molar-refractivity contribution < 1.29 is 19.1 Å². The molecule has 0 unspecified atom stereocenters. The Bertz CT molecular complexity index is 424. The molecule has 2 heterocycles. The van der Waals surface area contributed by atoms with Crippen LogP contribution in [0, 0.1) is 5.41 Å². The Morgan fingerprint density at radius 3 is 2.50 bits per heavy atom. The van der Waals surface area contributed by atoms with Crippen LogP contribution in [0.1, 0.15) is 53.9 Å². The molecule has 0 aromatic rings. The van der Waals surface area contributed by atoms with Crippen molar-refractivity contribution in [2.24, 2.45) is 5.41 Å². The van der Waals surface area contributed by atoms with Gasteiger partial charge < -0.3 is 14.4 Å². The Hall–Kier alpha value is -1.26. The number of nitrogens with zero attached hydrogens (tertiary/aromatic N) is 1. The molecule has 2 aliphatic rings. The summed E-state index contributed by atoms with van der Waals surface area (Å²) in [6, 6.07) is 0. The first kappa shape index (κ1) is 15.1. The van der Waals surface area contributed by atoms with Crippen LogP contribution in [0.5, 0.6) is 0 Å². The van der Waals surface area contributed by atoms with Gasteiger partial charge in [0.15, 0.2) is 0 Å². The standard InChI is InChI=1S/C15H25NO4/c1-13(2,3)20-12(18)16-8-6-7-15(10-16)9-14(4,5)19-11(15)17/h6-10H2,1-5H3/t15-/m1/s1. The first-order valence-electron chi connectivity index (χ1n) is 7.25. The SMILES string of the molecule is CC(C)(C)OC(=O)N1CCC[C@]2(C1)CC(C)(C)OC2=O. The van der Waals surface area contributed by atoms with E-state index in [1.165, 1.54) is 0 Å². The highest BCUT2D eigenvalue weighted by atomic mass is 16.6. The summed E-state index contributed by atoms with van der Waals surface area (Å²) in [5.41, 5.74) is -1.50. The van der Waals surface area contributed by atoms with E-state index in [1.807, 2.05) is 34.6 Å². The first-order valence-corrected chi connectivity index (χ1v) is 7.25. The van der Waals surface area contributed by atoms with Crippen molar-refractivity contribution in [3.63, 3.8) is 0 Å². The number of piperidine rings is 1. The molecule has 0 N–H and O–H groups in total. The van der Waals surface area contributed by atoms with Crippen LogP contribution in [-0.4, -0.2) is 41.3 Å². The summed E-state index contributed by atoms with van der Waals surface area (Å²) >= 11 is 0. The van der Waals surface area contributed by atoms with E-state index in [0.717, 1.165) is 12.8 Å². The molecule has 0 aromatic carbocycles. The third-order valence-electron chi connectivity index (χ3n) is 3.79. The van der Waals surface area contributed by atoms with Crippen LogP contribution in [0.4, 0.5) is 4.79 Å². The largest absolute Gasteiger partial charge is 0.459 e. The maximum absolute atomic E-state index is 12.2. The quantitative estimate of drug-likeness (QED) is 0.641. The fourth-order valence-electron chi connectivity index (χ4n) is 3.21. The molecule has 2 rings (SSSR count). The summed E-state index contributed by atoms with van der Waals surface area (Å²) in [6.07, 6.45) is 1.92. The van der Waals surface area contributed by atoms with Crippen molar-refractivity contribution in [3.05, 3.63) is 0 Å². The van der Waals surface area contributed by atoms with E-state index in [0.29, 0.717) is 19.5 Å². The minimum absolute atomic E-state index is 0.171. The van der Waals surface area contributed by atoms with E-state index in [1.54, 1.807) is 4.90 Å². The average molecular weight is 283 g/mol. The Labute approximate surface area is 120 Å². The predicted octanol–water partition coefficient (Wildman–Crippen LogP) is 2.73. The van der Waals surface area contributed by atoms with Crippen LogP contribution < -0.4 is 0 Å². The number of esters is 1. The summed E-state index contributed by atoms with van der Waals surface area (Å²) in [6.45, 7) is 10.4. The molecule has 2 aliphatic heterocycles. The topological polar surface area (TPSA) is 55.8 Å². The lowest BCUT2D eigenvalue weighted by atomic mass is 9.75. The van der Waals surface area contributed by atoms with Gasteiger partial charge in [-0.1, -0.05) is 0 Å². The molecule has 20 heavy (non-hydrogen) atoms. The number of rotatable bonds is 0. The molecule has 114 valence electrons. The van der Waals surface area contributed by atoms with Crippen LogP contribution in [-0.2, 0) is 14.3 Å². The molecule has 2 fully saturated rings. The second kappa shape index (κ2) is 4.64. The molecule has 1 spiro atoms. The van der Waals surface area contributed by atoms with Gasteiger partial charge in [-0.3, -0.25) is 4.79 Å². The Morgan fingerprint density at radius 2 is 2.00 bits per heavy atom. The molecule has 1 amide bonds. The highest BCUT2D eigenvalue weighted by Crippen LogP contribution is 2.46. The Morgan fingerprint density at radius 1 is 1.35 bits per heavy atom. The first-order chi connectivity index (χ1) is 9.03. The zero-order valence-corrected chi connectivity index (χ0v) is 13.1. The molecular weight excluding hydrogens is 258 g/mol. The molecule has 0 saturated carbocycles. The molecule has 1 atom stereocenters. The number of hydrogen-bond donors (Lipinski definition) is 0. The predicted molar refractivity (Wildman–Crippen MR) is 74.3 cm³/mol. The van der Waals surface area contributed by atoms with Gasteiger partial charge in [-0.2, -0.15) is 0 Å². The van der Waals surface area contributed by atoms with E-state index in [9.17, 15) is 9.59 Å². The maximum atomic E-state index is 12.2. The number of amides is 1. The normalized spacial score (nSPS) is 29.4. The summed E-state index contributed by atoms with van der Waals surface area (Å²) < 4.78 is 10.9. The highest BCUT2D eigenvalue weighted by molar-refractivity contribution is 5.81. The zero-order valence-electron chi connectivity index (χ0n) is 13.1. The number of ether oxygens (including phenoxy) is 2. The van der Waals surface area contributed by atoms with E-state index in [-0.39, 0.29) is 12.1 Å². The van der Waals surface area contributed by atoms with E-state index >= 15 is 0 Å². The summed E-state index contributed by atoms with van der Waals surface area (Å²) in [5, 5.41) is 0. The second-order valence-electron chi connectivity index (χ2n) is 7.61. The molecule has 0 aromatic heterocycles. The average Bonchev–Trinajstić information content (AvgIpc) is 2.46. The summed E-state index contributed by atoms with van der Waals surface area (Å²) in [5.74, 6) is -0.171. The van der Waals surface area contributed by atoms with Gasteiger partial charge in [-0.05, 0) is 47.5 Å². The maximum Gasteiger partial charge on any atom is 0.410 e. The van der Waals surface area contributed by atoms with Gasteiger partial charge in [0.1, 0.15) is 11.2 Å². The van der Waals surface area contributed by atoms with Crippen molar-refractivity contribution in [1.82, 2.24) is 4.90 Å². The van der Waals surface area contributed by atoms with Crippen molar-refractivity contribution in [3.8, 4) is 0 Å². The number of hydrogen-bond acceptors (Lipinski definition) is 4. The van der Waals surface area contributed by atoms with Crippen LogP contribution in [0.25, 0.3) is 0 Å². The second-order valence-corrected chi connectivity index (χ2v) is 7.61. The smallest absolute Gasteiger partial charge is 0.410 e. The minimum atomic E-state index is -0.543. The molecule has 0 aliphatic carbocycles. The van der Waals surface area contributed by atoms with Crippen molar-refractivity contribution in [2.45, 2.75) is 65.1 Å². The van der Waals surface area contributed by atoms with Crippen LogP contribution >= 0.6 is 0 Å². The van der Waals surface area contributed by atoms with Gasteiger partial charge in [0.05, 0.1) is 5.41 Å². The zero-order chi connectivity index (χ0) is 15.2. The lowest BCUT2D eigenvalue weighted by Crippen LogP contribution is -2.49. The molecule has 2 saturated heterocycles. The molecule has 0 bridgehead atoms. The molecule has 5 nitrogen and oxygen atoms in total. The summed E-state index contributed by atoms with van der Waals surface area (Å²) in [7, 11) is 0. The molecule has 0 radical (unpaired) electrons. The van der Waals surface area contributed by atoms with Crippen molar-refractivity contribution >= 4 is 12.1 Å². The third-order valence-corrected chi connectivity index (χ3v) is 3.79. The minimum Gasteiger partial charge on any atom is -0.459 e. The van der Waals surface area contributed by atoms with Gasteiger partial charge >= 0.3 is 12.1 Å². The monoisotopic (exact) mass is 283 g/mol. The number of likely N-dealkylation sites (tertiary alicyclic amines) is 1. The van der Waals surface area contributed by atoms with Crippen LogP contribution in [0.2, 0.25) is 0 Å². The van der Waals surface area contributed by atoms with E-state index in [2.05, 4.69) is 0 Å². The third kappa shape index (κ3) is 3.07. The fourth-order valence-corrected chi connectivity index (χ4v) is 3.21. The van der Waals surface area contributed by atoms with Gasteiger partial charge in [0, 0.05) is 19.5 Å². The summed E-state index contributed by atoms with van der Waals surface area (Å²) in [4.78, 5) is 26.0.